The standard InChI is InChI=1S/C22H18FN3O2S/c23-17-6-7-20-19(14-17)25-22(29-20)26(15-16-8-11-24-12-9-16)21(27)10-13-28-18-4-2-1-3-5-18/h1-9,11-12,14H,10,13,15H2. The average molecular weight is 407 g/mol. The summed E-state index contributed by atoms with van der Waals surface area (Å²) in [5, 5.41) is 0.534. The van der Waals surface area contributed by atoms with Crippen LogP contribution in [0.5, 0.6) is 5.75 Å². The molecule has 0 aliphatic heterocycles. The number of ether oxygens (including phenoxy) is 1. The first kappa shape index (κ1) is 19.0. The molecule has 0 saturated carbocycles. The number of pyridine rings is 1. The van der Waals surface area contributed by atoms with Crippen LogP contribution in [0, 0.1) is 5.82 Å². The van der Waals surface area contributed by atoms with Gasteiger partial charge in [0.15, 0.2) is 5.13 Å². The van der Waals surface area contributed by atoms with E-state index in [4.69, 9.17) is 4.74 Å². The number of carbonyl (C=O) groups excluding carboxylic acids is 1. The Morgan fingerprint density at radius 1 is 1.07 bits per heavy atom. The van der Waals surface area contributed by atoms with Crippen LogP contribution < -0.4 is 9.64 Å². The van der Waals surface area contributed by atoms with Gasteiger partial charge in [0.2, 0.25) is 5.91 Å². The zero-order valence-electron chi connectivity index (χ0n) is 15.5. The molecular weight excluding hydrogens is 389 g/mol. The summed E-state index contributed by atoms with van der Waals surface area (Å²) >= 11 is 1.36. The lowest BCUT2D eigenvalue weighted by atomic mass is 10.2. The molecule has 0 aliphatic rings. The number of para-hydroxylation sites is 1. The number of rotatable bonds is 7. The lowest BCUT2D eigenvalue weighted by Gasteiger charge is -2.20. The summed E-state index contributed by atoms with van der Waals surface area (Å²) in [5.74, 6) is 0.256. The van der Waals surface area contributed by atoms with Gasteiger partial charge in [-0.05, 0) is 42.0 Å². The molecule has 29 heavy (non-hydrogen) atoms. The third-order valence-corrected chi connectivity index (χ3v) is 5.35. The summed E-state index contributed by atoms with van der Waals surface area (Å²) in [6, 6.07) is 17.5. The Kier molecular flexibility index (Phi) is 5.76. The van der Waals surface area contributed by atoms with Crippen molar-refractivity contribution in [2.45, 2.75) is 13.0 Å². The topological polar surface area (TPSA) is 55.3 Å². The molecule has 5 nitrogen and oxygen atoms in total. The lowest BCUT2D eigenvalue weighted by Crippen LogP contribution is -2.31. The van der Waals surface area contributed by atoms with Crippen LogP contribution in [0.2, 0.25) is 0 Å². The second kappa shape index (κ2) is 8.79. The van der Waals surface area contributed by atoms with Crippen molar-refractivity contribution in [3.63, 3.8) is 0 Å². The molecule has 0 bridgehead atoms. The van der Waals surface area contributed by atoms with Crippen molar-refractivity contribution in [2.24, 2.45) is 0 Å². The Balaban J connectivity index is 1.54. The number of hydrogen-bond acceptors (Lipinski definition) is 5. The summed E-state index contributed by atoms with van der Waals surface area (Å²) in [7, 11) is 0. The molecule has 7 heteroatoms. The fourth-order valence-corrected chi connectivity index (χ4v) is 3.81. The molecule has 0 fully saturated rings. The molecule has 0 unspecified atom stereocenters. The van der Waals surface area contributed by atoms with Crippen LogP contribution >= 0.6 is 11.3 Å². The quantitative estimate of drug-likeness (QED) is 0.440. The highest BCUT2D eigenvalue weighted by Gasteiger charge is 2.20. The second-order valence-electron chi connectivity index (χ2n) is 6.36. The van der Waals surface area contributed by atoms with E-state index >= 15 is 0 Å². The smallest absolute Gasteiger partial charge is 0.232 e. The molecule has 146 valence electrons. The van der Waals surface area contributed by atoms with Crippen molar-refractivity contribution >= 4 is 32.6 Å². The zero-order chi connectivity index (χ0) is 20.1. The Labute approximate surface area is 171 Å². The summed E-state index contributed by atoms with van der Waals surface area (Å²) in [5.41, 5.74) is 1.47. The van der Waals surface area contributed by atoms with Gasteiger partial charge >= 0.3 is 0 Å². The lowest BCUT2D eigenvalue weighted by molar-refractivity contribution is -0.119. The van der Waals surface area contributed by atoms with Crippen molar-refractivity contribution in [1.82, 2.24) is 9.97 Å². The molecular formula is C22H18FN3O2S. The maximum Gasteiger partial charge on any atom is 0.232 e. The maximum atomic E-state index is 13.5. The van der Waals surface area contributed by atoms with E-state index in [-0.39, 0.29) is 24.8 Å². The predicted octanol–water partition coefficient (Wildman–Crippen LogP) is 4.83. The molecule has 1 amide bonds. The number of carbonyl (C=O) groups is 1. The first-order chi connectivity index (χ1) is 14.2. The number of halogens is 1. The van der Waals surface area contributed by atoms with Crippen LogP contribution in [0.1, 0.15) is 12.0 Å². The normalized spacial score (nSPS) is 10.8. The molecule has 0 atom stereocenters. The highest BCUT2D eigenvalue weighted by molar-refractivity contribution is 7.22. The minimum atomic E-state index is -0.349. The van der Waals surface area contributed by atoms with Gasteiger partial charge in [-0.15, -0.1) is 0 Å². The van der Waals surface area contributed by atoms with Crippen molar-refractivity contribution in [3.05, 3.63) is 84.4 Å². The fraction of sp³-hybridized carbons (Fsp3) is 0.136. The third-order valence-electron chi connectivity index (χ3n) is 4.29. The highest BCUT2D eigenvalue weighted by atomic mass is 32.1. The van der Waals surface area contributed by atoms with Gasteiger partial charge < -0.3 is 4.74 Å². The van der Waals surface area contributed by atoms with Crippen molar-refractivity contribution < 1.29 is 13.9 Å². The Morgan fingerprint density at radius 3 is 2.66 bits per heavy atom. The summed E-state index contributed by atoms with van der Waals surface area (Å²) in [6.07, 6.45) is 3.57. The molecule has 4 rings (SSSR count). The van der Waals surface area contributed by atoms with E-state index in [1.54, 1.807) is 23.4 Å². The van der Waals surface area contributed by atoms with Gasteiger partial charge in [-0.25, -0.2) is 9.37 Å². The van der Waals surface area contributed by atoms with Gasteiger partial charge in [-0.3, -0.25) is 14.7 Å². The molecule has 2 aromatic carbocycles. The number of fused-ring (bicyclic) bond motifs is 1. The number of aromatic nitrogens is 2. The Bertz CT molecular complexity index is 1100. The van der Waals surface area contributed by atoms with Gasteiger partial charge in [0, 0.05) is 18.5 Å². The molecule has 4 aromatic rings. The van der Waals surface area contributed by atoms with E-state index in [1.807, 2.05) is 42.5 Å². The number of nitrogens with zero attached hydrogens (tertiary/aromatic N) is 3. The summed E-state index contributed by atoms with van der Waals surface area (Å²) in [4.78, 5) is 23.1. The zero-order valence-corrected chi connectivity index (χ0v) is 16.3. The third kappa shape index (κ3) is 4.75. The van der Waals surface area contributed by atoms with Crippen LogP contribution in [-0.4, -0.2) is 22.5 Å². The molecule has 0 spiro atoms. The van der Waals surface area contributed by atoms with Crippen LogP contribution in [0.15, 0.2) is 73.1 Å². The van der Waals surface area contributed by atoms with Gasteiger partial charge in [0.1, 0.15) is 11.6 Å². The fourth-order valence-electron chi connectivity index (χ4n) is 2.84. The monoisotopic (exact) mass is 407 g/mol. The van der Waals surface area contributed by atoms with E-state index in [0.29, 0.717) is 17.2 Å². The molecule has 0 radical (unpaired) electrons. The van der Waals surface area contributed by atoms with Crippen molar-refractivity contribution in [3.8, 4) is 5.75 Å². The molecule has 0 saturated heterocycles. The Morgan fingerprint density at radius 2 is 1.86 bits per heavy atom. The first-order valence-corrected chi connectivity index (χ1v) is 9.94. The SMILES string of the molecule is O=C(CCOc1ccccc1)N(Cc1ccncc1)c1nc2cc(F)ccc2s1. The van der Waals surface area contributed by atoms with Crippen LogP contribution in [0.4, 0.5) is 9.52 Å². The molecule has 2 aromatic heterocycles. The second-order valence-corrected chi connectivity index (χ2v) is 7.36. The van der Waals surface area contributed by atoms with Gasteiger partial charge in [0.25, 0.3) is 0 Å². The van der Waals surface area contributed by atoms with E-state index in [2.05, 4.69) is 9.97 Å². The largest absolute Gasteiger partial charge is 0.493 e. The van der Waals surface area contributed by atoms with Crippen molar-refractivity contribution in [2.75, 3.05) is 11.5 Å². The predicted molar refractivity (Wildman–Crippen MR) is 112 cm³/mol. The van der Waals surface area contributed by atoms with E-state index in [1.165, 1.54) is 23.5 Å². The first-order valence-electron chi connectivity index (χ1n) is 9.12. The molecule has 0 aliphatic carbocycles. The average Bonchev–Trinajstić information content (AvgIpc) is 3.16. The number of amides is 1. The number of thiazole rings is 1. The van der Waals surface area contributed by atoms with Crippen LogP contribution in [0.25, 0.3) is 10.2 Å². The molecule has 0 N–H and O–H groups in total. The van der Waals surface area contributed by atoms with Gasteiger partial charge in [0.05, 0.1) is 29.8 Å². The van der Waals surface area contributed by atoms with Gasteiger partial charge in [-0.1, -0.05) is 29.5 Å². The molecule has 2 heterocycles. The van der Waals surface area contributed by atoms with Crippen LogP contribution in [0.3, 0.4) is 0 Å². The number of anilines is 1. The van der Waals surface area contributed by atoms with E-state index in [0.717, 1.165) is 16.0 Å². The van der Waals surface area contributed by atoms with E-state index in [9.17, 15) is 9.18 Å². The maximum absolute atomic E-state index is 13.5. The summed E-state index contributed by atoms with van der Waals surface area (Å²) in [6.45, 7) is 0.615. The van der Waals surface area contributed by atoms with Gasteiger partial charge in [-0.2, -0.15) is 0 Å². The number of hydrogen-bond donors (Lipinski definition) is 0. The number of benzene rings is 2. The minimum absolute atomic E-state index is 0.114. The van der Waals surface area contributed by atoms with Crippen molar-refractivity contribution in [1.29, 1.82) is 0 Å². The highest BCUT2D eigenvalue weighted by Crippen LogP contribution is 2.30. The van der Waals surface area contributed by atoms with E-state index < -0.39 is 0 Å². The Hall–Kier alpha value is -3.32. The summed E-state index contributed by atoms with van der Waals surface area (Å²) < 4.78 is 20.0. The minimum Gasteiger partial charge on any atom is -0.493 e. The van der Waals surface area contributed by atoms with Crippen LogP contribution in [-0.2, 0) is 11.3 Å².